The first-order valence-electron chi connectivity index (χ1n) is 9.71. The summed E-state index contributed by atoms with van der Waals surface area (Å²) in [6, 6.07) is 13.3. The maximum atomic E-state index is 13.3. The fourth-order valence-electron chi connectivity index (χ4n) is 4.05. The summed E-state index contributed by atoms with van der Waals surface area (Å²) in [6.07, 6.45) is 4.50. The lowest BCUT2D eigenvalue weighted by Crippen LogP contribution is -2.51. The smallest absolute Gasteiger partial charge is 0.275 e. The van der Waals surface area contributed by atoms with E-state index in [4.69, 9.17) is 16.6 Å². The van der Waals surface area contributed by atoms with Gasteiger partial charge in [-0.3, -0.25) is 14.6 Å². The number of halogens is 2. The van der Waals surface area contributed by atoms with Gasteiger partial charge in [0, 0.05) is 11.3 Å². The highest BCUT2D eigenvalue weighted by Gasteiger charge is 2.48. The van der Waals surface area contributed by atoms with E-state index < -0.39 is 11.5 Å². The molecule has 4 rings (SSSR count). The summed E-state index contributed by atoms with van der Waals surface area (Å²) in [4.78, 5) is 32.3. The zero-order valence-electron chi connectivity index (χ0n) is 15.8. The first-order chi connectivity index (χ1) is 14.0. The van der Waals surface area contributed by atoms with Crippen LogP contribution in [0.15, 0.2) is 53.5 Å². The average Bonchev–Trinajstić information content (AvgIpc) is 2.98. The fraction of sp³-hybridized carbons (Fsp3) is 0.318. The first-order valence-corrected chi connectivity index (χ1v) is 10.1. The number of amides is 2. The Bertz CT molecular complexity index is 971. The second-order valence-electron chi connectivity index (χ2n) is 7.44. The molecular weight excluding hydrogens is 393 g/mol. The summed E-state index contributed by atoms with van der Waals surface area (Å²) in [5.74, 6) is -1.15. The van der Waals surface area contributed by atoms with Crippen LogP contribution in [0.25, 0.3) is 0 Å². The van der Waals surface area contributed by atoms with Crippen molar-refractivity contribution in [1.82, 2.24) is 4.90 Å². The van der Waals surface area contributed by atoms with Crippen LogP contribution < -0.4 is 5.32 Å². The SMILES string of the molecule is O=C(CN1C(=O)C(c2ccccc2)=NC12CCCCC2)Nc1ccc(F)c(Cl)c1. The molecule has 1 aliphatic carbocycles. The summed E-state index contributed by atoms with van der Waals surface area (Å²) in [6.45, 7) is -0.117. The molecule has 0 saturated heterocycles. The van der Waals surface area contributed by atoms with Crippen molar-refractivity contribution in [3.63, 3.8) is 0 Å². The standard InChI is InChI=1S/C22H21ClFN3O2/c23-17-13-16(9-10-18(17)24)25-19(28)14-27-21(29)20(15-7-3-1-4-8-15)26-22(27)11-5-2-6-12-22/h1,3-4,7-10,13H,2,5-6,11-12,14H2,(H,25,28). The largest absolute Gasteiger partial charge is 0.324 e. The van der Waals surface area contributed by atoms with E-state index in [-0.39, 0.29) is 23.4 Å². The summed E-state index contributed by atoms with van der Waals surface area (Å²) in [5.41, 5.74) is 0.883. The van der Waals surface area contributed by atoms with Crippen molar-refractivity contribution in [3.05, 3.63) is 64.9 Å². The van der Waals surface area contributed by atoms with Crippen LogP contribution in [-0.4, -0.2) is 34.6 Å². The average molecular weight is 414 g/mol. The lowest BCUT2D eigenvalue weighted by Gasteiger charge is -2.38. The lowest BCUT2D eigenvalue weighted by molar-refractivity contribution is -0.134. The minimum atomic E-state index is -0.668. The van der Waals surface area contributed by atoms with Crippen LogP contribution in [0.1, 0.15) is 37.7 Å². The Labute approximate surface area is 173 Å². The van der Waals surface area contributed by atoms with E-state index in [1.165, 1.54) is 18.2 Å². The summed E-state index contributed by atoms with van der Waals surface area (Å²) >= 11 is 5.79. The van der Waals surface area contributed by atoms with Crippen molar-refractivity contribution in [2.45, 2.75) is 37.8 Å². The Balaban J connectivity index is 1.57. The molecule has 1 saturated carbocycles. The van der Waals surface area contributed by atoms with Crippen molar-refractivity contribution >= 4 is 34.8 Å². The Morgan fingerprint density at radius 1 is 1.14 bits per heavy atom. The van der Waals surface area contributed by atoms with E-state index in [1.807, 2.05) is 30.3 Å². The Morgan fingerprint density at radius 3 is 2.55 bits per heavy atom. The van der Waals surface area contributed by atoms with Crippen LogP contribution in [0.3, 0.4) is 0 Å². The van der Waals surface area contributed by atoms with Gasteiger partial charge in [0.1, 0.15) is 23.7 Å². The molecule has 2 aromatic carbocycles. The van der Waals surface area contributed by atoms with Gasteiger partial charge < -0.3 is 10.2 Å². The number of nitrogens with one attached hydrogen (secondary N) is 1. The van der Waals surface area contributed by atoms with Crippen LogP contribution in [0.2, 0.25) is 5.02 Å². The molecule has 0 aromatic heterocycles. The number of anilines is 1. The lowest BCUT2D eigenvalue weighted by atomic mass is 9.88. The molecule has 0 unspecified atom stereocenters. The van der Waals surface area contributed by atoms with Gasteiger partial charge in [-0.05, 0) is 43.9 Å². The molecule has 1 heterocycles. The van der Waals surface area contributed by atoms with E-state index in [0.29, 0.717) is 11.4 Å². The summed E-state index contributed by atoms with van der Waals surface area (Å²) < 4.78 is 13.3. The topological polar surface area (TPSA) is 61.8 Å². The number of rotatable bonds is 4. The maximum absolute atomic E-state index is 13.3. The third kappa shape index (κ3) is 3.90. The number of carbonyl (C=O) groups is 2. The van der Waals surface area contributed by atoms with Gasteiger partial charge in [-0.15, -0.1) is 0 Å². The number of benzene rings is 2. The molecule has 2 amide bonds. The molecule has 29 heavy (non-hydrogen) atoms. The third-order valence-corrected chi connectivity index (χ3v) is 5.77. The number of hydrogen-bond donors (Lipinski definition) is 1. The molecule has 0 radical (unpaired) electrons. The molecule has 1 N–H and O–H groups in total. The molecule has 7 heteroatoms. The van der Waals surface area contributed by atoms with Gasteiger partial charge in [-0.25, -0.2) is 4.39 Å². The highest BCUT2D eigenvalue weighted by molar-refractivity contribution is 6.47. The molecule has 1 spiro atoms. The van der Waals surface area contributed by atoms with Gasteiger partial charge >= 0.3 is 0 Å². The van der Waals surface area contributed by atoms with Crippen molar-refractivity contribution in [1.29, 1.82) is 0 Å². The van der Waals surface area contributed by atoms with E-state index >= 15 is 0 Å². The van der Waals surface area contributed by atoms with Crippen molar-refractivity contribution < 1.29 is 14.0 Å². The number of aliphatic imine (C=N–C) groups is 1. The highest BCUT2D eigenvalue weighted by atomic mass is 35.5. The molecule has 2 aromatic rings. The normalized spacial score (nSPS) is 18.1. The van der Waals surface area contributed by atoms with Crippen LogP contribution >= 0.6 is 11.6 Å². The Hall–Kier alpha value is -2.73. The summed E-state index contributed by atoms with van der Waals surface area (Å²) in [7, 11) is 0. The Morgan fingerprint density at radius 2 is 1.86 bits per heavy atom. The van der Waals surface area contributed by atoms with Crippen LogP contribution in [0.4, 0.5) is 10.1 Å². The van der Waals surface area contributed by atoms with Gasteiger partial charge in [-0.2, -0.15) is 0 Å². The zero-order valence-corrected chi connectivity index (χ0v) is 16.6. The second kappa shape index (κ2) is 7.95. The molecule has 150 valence electrons. The summed E-state index contributed by atoms with van der Waals surface area (Å²) in [5, 5.41) is 2.63. The zero-order chi connectivity index (χ0) is 20.4. The molecule has 1 fully saturated rings. The van der Waals surface area contributed by atoms with Gasteiger partial charge in [0.25, 0.3) is 5.91 Å². The fourth-order valence-corrected chi connectivity index (χ4v) is 4.23. The number of carbonyl (C=O) groups excluding carboxylic acids is 2. The molecule has 0 atom stereocenters. The van der Waals surface area contributed by atoms with Crippen molar-refractivity contribution in [2.75, 3.05) is 11.9 Å². The molecule has 2 aliphatic rings. The minimum Gasteiger partial charge on any atom is -0.324 e. The van der Waals surface area contributed by atoms with Crippen molar-refractivity contribution in [3.8, 4) is 0 Å². The van der Waals surface area contributed by atoms with Crippen LogP contribution in [0, 0.1) is 5.82 Å². The van der Waals surface area contributed by atoms with E-state index in [0.717, 1.165) is 37.7 Å². The van der Waals surface area contributed by atoms with Gasteiger partial charge in [0.15, 0.2) is 0 Å². The number of hydrogen-bond acceptors (Lipinski definition) is 3. The number of nitrogens with zero attached hydrogens (tertiary/aromatic N) is 2. The quantitative estimate of drug-likeness (QED) is 0.807. The Kier molecular flexibility index (Phi) is 5.37. The molecule has 5 nitrogen and oxygen atoms in total. The first kappa shape index (κ1) is 19.6. The molecule has 0 bridgehead atoms. The van der Waals surface area contributed by atoms with Gasteiger partial charge in [0.2, 0.25) is 5.91 Å². The predicted octanol–water partition coefficient (Wildman–Crippen LogP) is 4.41. The van der Waals surface area contributed by atoms with E-state index in [9.17, 15) is 14.0 Å². The van der Waals surface area contributed by atoms with Crippen LogP contribution in [-0.2, 0) is 9.59 Å². The van der Waals surface area contributed by atoms with Crippen molar-refractivity contribution in [2.24, 2.45) is 4.99 Å². The van der Waals surface area contributed by atoms with E-state index in [1.54, 1.807) is 4.90 Å². The minimum absolute atomic E-state index is 0.0708. The van der Waals surface area contributed by atoms with E-state index in [2.05, 4.69) is 5.32 Å². The maximum Gasteiger partial charge on any atom is 0.275 e. The molecular formula is C22H21ClFN3O2. The predicted molar refractivity (Wildman–Crippen MR) is 111 cm³/mol. The van der Waals surface area contributed by atoms with Gasteiger partial charge in [0.05, 0.1) is 5.02 Å². The van der Waals surface area contributed by atoms with Crippen LogP contribution in [0.5, 0.6) is 0 Å². The molecule has 1 aliphatic heterocycles. The third-order valence-electron chi connectivity index (χ3n) is 5.48. The second-order valence-corrected chi connectivity index (χ2v) is 7.85. The van der Waals surface area contributed by atoms with Gasteiger partial charge in [-0.1, -0.05) is 48.4 Å². The highest BCUT2D eigenvalue weighted by Crippen LogP contribution is 2.39. The monoisotopic (exact) mass is 413 g/mol.